The van der Waals surface area contributed by atoms with Gasteiger partial charge in [-0.3, -0.25) is 4.79 Å². The number of aromatic amines is 1. The number of hydrogen-bond donors (Lipinski definition) is 2. The Morgan fingerprint density at radius 1 is 1.47 bits per heavy atom. The molecule has 0 amide bonds. The SMILES string of the molecule is O=C(O)Cc1nc(=S)[nH]c2c1CCCC2. The predicted octanol–water partition coefficient (Wildman–Crippen LogP) is 1.65. The molecule has 1 aliphatic carbocycles. The van der Waals surface area contributed by atoms with Crippen LogP contribution in [0.2, 0.25) is 0 Å². The lowest BCUT2D eigenvalue weighted by molar-refractivity contribution is -0.136. The summed E-state index contributed by atoms with van der Waals surface area (Å²) in [6, 6.07) is 0. The average molecular weight is 224 g/mol. The summed E-state index contributed by atoms with van der Waals surface area (Å²) >= 11 is 4.98. The molecule has 0 fully saturated rings. The summed E-state index contributed by atoms with van der Waals surface area (Å²) < 4.78 is 0.395. The van der Waals surface area contributed by atoms with Crippen molar-refractivity contribution in [3.63, 3.8) is 0 Å². The number of aromatic nitrogens is 2. The van der Waals surface area contributed by atoms with Crippen LogP contribution in [0, 0.1) is 4.77 Å². The van der Waals surface area contributed by atoms with Crippen molar-refractivity contribution in [2.24, 2.45) is 0 Å². The number of nitrogens with zero attached hydrogens (tertiary/aromatic N) is 1. The molecule has 0 aliphatic heterocycles. The number of H-pyrrole nitrogens is 1. The van der Waals surface area contributed by atoms with E-state index in [0.717, 1.165) is 36.9 Å². The highest BCUT2D eigenvalue weighted by atomic mass is 32.1. The molecule has 0 unspecified atom stereocenters. The molecule has 1 aliphatic rings. The molecule has 0 bridgehead atoms. The van der Waals surface area contributed by atoms with E-state index in [9.17, 15) is 4.79 Å². The van der Waals surface area contributed by atoms with Gasteiger partial charge in [-0.1, -0.05) is 0 Å². The van der Waals surface area contributed by atoms with Crippen molar-refractivity contribution in [3.8, 4) is 0 Å². The average Bonchev–Trinajstić information content (AvgIpc) is 2.16. The van der Waals surface area contributed by atoms with Crippen LogP contribution in [-0.4, -0.2) is 21.0 Å². The van der Waals surface area contributed by atoms with Crippen molar-refractivity contribution >= 4 is 18.2 Å². The maximum Gasteiger partial charge on any atom is 0.309 e. The number of fused-ring (bicyclic) bond motifs is 1. The summed E-state index contributed by atoms with van der Waals surface area (Å²) in [4.78, 5) is 17.8. The molecule has 5 heteroatoms. The van der Waals surface area contributed by atoms with E-state index in [1.807, 2.05) is 0 Å². The van der Waals surface area contributed by atoms with Gasteiger partial charge in [0.2, 0.25) is 0 Å². The number of carbonyl (C=O) groups is 1. The Morgan fingerprint density at radius 3 is 2.93 bits per heavy atom. The fourth-order valence-electron chi connectivity index (χ4n) is 2.00. The predicted molar refractivity (Wildman–Crippen MR) is 57.4 cm³/mol. The van der Waals surface area contributed by atoms with E-state index in [0.29, 0.717) is 10.5 Å². The molecule has 0 saturated carbocycles. The first-order valence-corrected chi connectivity index (χ1v) is 5.40. The molecule has 80 valence electrons. The highest BCUT2D eigenvalue weighted by Crippen LogP contribution is 2.21. The molecule has 0 spiro atoms. The first-order chi connectivity index (χ1) is 7.16. The molecule has 1 heterocycles. The lowest BCUT2D eigenvalue weighted by Gasteiger charge is -2.17. The molecule has 2 rings (SSSR count). The topological polar surface area (TPSA) is 66.0 Å². The highest BCUT2D eigenvalue weighted by molar-refractivity contribution is 7.71. The molecule has 0 radical (unpaired) electrons. The van der Waals surface area contributed by atoms with Crippen LogP contribution >= 0.6 is 12.2 Å². The zero-order chi connectivity index (χ0) is 10.8. The molecular formula is C10H12N2O2S. The second-order valence-corrected chi connectivity index (χ2v) is 4.11. The van der Waals surface area contributed by atoms with Crippen LogP contribution in [0.15, 0.2) is 0 Å². The zero-order valence-electron chi connectivity index (χ0n) is 8.25. The molecule has 0 saturated heterocycles. The van der Waals surface area contributed by atoms with Crippen molar-refractivity contribution in [1.82, 2.24) is 9.97 Å². The van der Waals surface area contributed by atoms with E-state index >= 15 is 0 Å². The Hall–Kier alpha value is -1.23. The molecule has 0 atom stereocenters. The normalized spacial score (nSPS) is 14.7. The fourth-order valence-corrected chi connectivity index (χ4v) is 2.23. The van der Waals surface area contributed by atoms with Gasteiger partial charge in [-0.05, 0) is 43.5 Å². The lowest BCUT2D eigenvalue weighted by Crippen LogP contribution is -2.14. The summed E-state index contributed by atoms with van der Waals surface area (Å²) in [5, 5.41) is 8.78. The van der Waals surface area contributed by atoms with E-state index in [1.165, 1.54) is 0 Å². The van der Waals surface area contributed by atoms with Gasteiger partial charge in [0, 0.05) is 5.69 Å². The van der Waals surface area contributed by atoms with E-state index in [2.05, 4.69) is 9.97 Å². The van der Waals surface area contributed by atoms with E-state index in [4.69, 9.17) is 17.3 Å². The number of aliphatic carboxylic acids is 1. The second-order valence-electron chi connectivity index (χ2n) is 3.72. The fraction of sp³-hybridized carbons (Fsp3) is 0.500. The summed E-state index contributed by atoms with van der Waals surface area (Å²) in [6.07, 6.45) is 4.08. The van der Waals surface area contributed by atoms with Crippen molar-refractivity contribution in [2.45, 2.75) is 32.1 Å². The molecule has 1 aromatic heterocycles. The van der Waals surface area contributed by atoms with E-state index < -0.39 is 5.97 Å². The van der Waals surface area contributed by atoms with Crippen LogP contribution in [0.3, 0.4) is 0 Å². The first kappa shape index (κ1) is 10.3. The van der Waals surface area contributed by atoms with Gasteiger partial charge in [-0.15, -0.1) is 0 Å². The van der Waals surface area contributed by atoms with Gasteiger partial charge in [-0.25, -0.2) is 4.98 Å². The second kappa shape index (κ2) is 4.10. The summed E-state index contributed by atoms with van der Waals surface area (Å²) in [6.45, 7) is 0. The van der Waals surface area contributed by atoms with Crippen LogP contribution in [0.4, 0.5) is 0 Å². The smallest absolute Gasteiger partial charge is 0.309 e. The monoisotopic (exact) mass is 224 g/mol. The quantitative estimate of drug-likeness (QED) is 0.749. The van der Waals surface area contributed by atoms with Crippen molar-refractivity contribution in [3.05, 3.63) is 21.7 Å². The highest BCUT2D eigenvalue weighted by Gasteiger charge is 2.16. The zero-order valence-corrected chi connectivity index (χ0v) is 9.06. The van der Waals surface area contributed by atoms with Gasteiger partial charge in [0.25, 0.3) is 0 Å². The van der Waals surface area contributed by atoms with Gasteiger partial charge in [0.15, 0.2) is 4.77 Å². The van der Waals surface area contributed by atoms with Crippen LogP contribution in [0.25, 0.3) is 0 Å². The van der Waals surface area contributed by atoms with Gasteiger partial charge >= 0.3 is 5.97 Å². The van der Waals surface area contributed by atoms with E-state index in [1.54, 1.807) is 0 Å². The number of aryl methyl sites for hydroxylation is 1. The van der Waals surface area contributed by atoms with Gasteiger partial charge in [0.05, 0.1) is 12.1 Å². The third-order valence-corrected chi connectivity index (χ3v) is 2.82. The third kappa shape index (κ3) is 2.23. The minimum Gasteiger partial charge on any atom is -0.481 e. The van der Waals surface area contributed by atoms with Crippen LogP contribution in [0.1, 0.15) is 29.8 Å². The summed E-state index contributed by atoms with van der Waals surface area (Å²) in [5.41, 5.74) is 2.79. The van der Waals surface area contributed by atoms with Crippen molar-refractivity contribution < 1.29 is 9.90 Å². The Labute approximate surface area is 92.4 Å². The Balaban J connectivity index is 2.47. The summed E-state index contributed by atoms with van der Waals surface area (Å²) in [7, 11) is 0. The summed E-state index contributed by atoms with van der Waals surface area (Å²) in [5.74, 6) is -0.851. The standard InChI is InChI=1S/C10H12N2O2S/c13-9(14)5-8-6-3-1-2-4-7(6)11-10(15)12-8/h1-5H2,(H,13,14)(H,11,12,15). The number of rotatable bonds is 2. The van der Waals surface area contributed by atoms with Gasteiger partial charge in [-0.2, -0.15) is 0 Å². The van der Waals surface area contributed by atoms with E-state index in [-0.39, 0.29) is 6.42 Å². The van der Waals surface area contributed by atoms with Crippen molar-refractivity contribution in [2.75, 3.05) is 0 Å². The number of hydrogen-bond acceptors (Lipinski definition) is 3. The largest absolute Gasteiger partial charge is 0.481 e. The van der Waals surface area contributed by atoms with Gasteiger partial charge < -0.3 is 10.1 Å². The lowest BCUT2D eigenvalue weighted by atomic mass is 9.94. The maximum atomic E-state index is 10.7. The van der Waals surface area contributed by atoms with Crippen LogP contribution in [-0.2, 0) is 24.1 Å². The first-order valence-electron chi connectivity index (χ1n) is 4.99. The Bertz CT molecular complexity index is 453. The molecule has 4 nitrogen and oxygen atoms in total. The molecule has 1 aromatic rings. The third-order valence-electron chi connectivity index (χ3n) is 2.63. The Morgan fingerprint density at radius 2 is 2.20 bits per heavy atom. The Kier molecular flexibility index (Phi) is 2.81. The molecule has 15 heavy (non-hydrogen) atoms. The molecule has 0 aromatic carbocycles. The minimum absolute atomic E-state index is 0.0271. The number of nitrogens with one attached hydrogen (secondary N) is 1. The number of carboxylic acids is 1. The molecular weight excluding hydrogens is 212 g/mol. The van der Waals surface area contributed by atoms with Gasteiger partial charge in [0.1, 0.15) is 0 Å². The van der Waals surface area contributed by atoms with Crippen LogP contribution < -0.4 is 0 Å². The minimum atomic E-state index is -0.851. The molecule has 2 N–H and O–H groups in total. The van der Waals surface area contributed by atoms with Crippen LogP contribution in [0.5, 0.6) is 0 Å². The number of carboxylic acid groups (broad SMARTS) is 1. The van der Waals surface area contributed by atoms with Crippen molar-refractivity contribution in [1.29, 1.82) is 0 Å². The maximum absolute atomic E-state index is 10.7.